The molecule has 1 aliphatic rings. The van der Waals surface area contributed by atoms with Crippen LogP contribution in [0, 0.1) is 12.3 Å². The first-order valence-corrected chi connectivity index (χ1v) is 6.66. The lowest BCUT2D eigenvalue weighted by atomic mass is 10.1. The number of benzene rings is 1. The number of ether oxygens (including phenoxy) is 2. The minimum atomic E-state index is 0.173. The van der Waals surface area contributed by atoms with Crippen LogP contribution >= 0.6 is 0 Å². The van der Waals surface area contributed by atoms with Crippen LogP contribution in [0.3, 0.4) is 0 Å². The number of nitrogens with zero attached hydrogens (tertiary/aromatic N) is 1. The van der Waals surface area contributed by atoms with Gasteiger partial charge in [0.2, 0.25) is 0 Å². The highest BCUT2D eigenvalue weighted by atomic mass is 16.6. The average molecular weight is 268 g/mol. The zero-order chi connectivity index (χ0) is 13.9. The predicted molar refractivity (Wildman–Crippen MR) is 79.3 cm³/mol. The van der Waals surface area contributed by atoms with Gasteiger partial charge in [0.15, 0.2) is 11.5 Å². The highest BCUT2D eigenvalue weighted by Gasteiger charge is 2.15. The molecule has 0 bridgehead atoms. The molecule has 4 nitrogen and oxygen atoms in total. The molecule has 3 rings (SSSR count). The number of rotatable bonds is 3. The summed E-state index contributed by atoms with van der Waals surface area (Å²) in [7, 11) is 0. The van der Waals surface area contributed by atoms with Crippen molar-refractivity contribution in [3.05, 3.63) is 24.4 Å². The van der Waals surface area contributed by atoms with E-state index in [4.69, 9.17) is 15.9 Å². The Morgan fingerprint density at radius 3 is 2.85 bits per heavy atom. The first-order valence-electron chi connectivity index (χ1n) is 6.66. The van der Waals surface area contributed by atoms with Gasteiger partial charge in [0.25, 0.3) is 0 Å². The summed E-state index contributed by atoms with van der Waals surface area (Å²) in [6.45, 7) is 3.21. The number of aromatic nitrogens is 1. The van der Waals surface area contributed by atoms with Gasteiger partial charge in [-0.25, -0.2) is 4.98 Å². The van der Waals surface area contributed by atoms with Gasteiger partial charge in [0, 0.05) is 24.0 Å². The molecule has 2 aromatic rings. The molecule has 1 aliphatic heterocycles. The minimum Gasteiger partial charge on any atom is -0.486 e. The molecule has 1 aromatic carbocycles. The molecule has 1 unspecified atom stereocenters. The van der Waals surface area contributed by atoms with Crippen LogP contribution in [0.4, 0.5) is 5.82 Å². The molecule has 4 heteroatoms. The highest BCUT2D eigenvalue weighted by molar-refractivity contribution is 5.94. The Morgan fingerprint density at radius 2 is 2.10 bits per heavy atom. The number of hydrogen-bond donors (Lipinski definition) is 1. The summed E-state index contributed by atoms with van der Waals surface area (Å²) in [5.74, 6) is 5.03. The van der Waals surface area contributed by atoms with E-state index < -0.39 is 0 Å². The molecule has 0 fully saturated rings. The van der Waals surface area contributed by atoms with Crippen LogP contribution in [0.1, 0.15) is 13.3 Å². The van der Waals surface area contributed by atoms with Crippen molar-refractivity contribution in [2.75, 3.05) is 18.5 Å². The zero-order valence-electron chi connectivity index (χ0n) is 11.3. The van der Waals surface area contributed by atoms with Crippen LogP contribution in [0.25, 0.3) is 10.8 Å². The molecule has 1 aromatic heterocycles. The summed E-state index contributed by atoms with van der Waals surface area (Å²) >= 11 is 0. The summed E-state index contributed by atoms with van der Waals surface area (Å²) in [4.78, 5) is 4.40. The Kier molecular flexibility index (Phi) is 3.34. The van der Waals surface area contributed by atoms with Crippen molar-refractivity contribution in [1.29, 1.82) is 0 Å². The number of hydrogen-bond acceptors (Lipinski definition) is 4. The van der Waals surface area contributed by atoms with Gasteiger partial charge in [-0.2, -0.15) is 0 Å². The molecule has 1 atom stereocenters. The van der Waals surface area contributed by atoms with Gasteiger partial charge in [-0.05, 0) is 30.5 Å². The first kappa shape index (κ1) is 12.6. The van der Waals surface area contributed by atoms with E-state index in [0.717, 1.165) is 28.1 Å². The maximum Gasteiger partial charge on any atom is 0.162 e. The summed E-state index contributed by atoms with van der Waals surface area (Å²) in [6.07, 6.45) is 7.78. The van der Waals surface area contributed by atoms with Gasteiger partial charge in [-0.3, -0.25) is 0 Å². The van der Waals surface area contributed by atoms with Crippen molar-refractivity contribution in [1.82, 2.24) is 4.98 Å². The van der Waals surface area contributed by atoms with E-state index in [1.165, 1.54) is 0 Å². The summed E-state index contributed by atoms with van der Waals surface area (Å²) in [6, 6.07) is 6.10. The maximum absolute atomic E-state index is 5.63. The molecule has 0 spiro atoms. The first-order chi connectivity index (χ1) is 9.78. The Hall–Kier alpha value is -2.41. The van der Waals surface area contributed by atoms with Crippen molar-refractivity contribution in [3.8, 4) is 23.8 Å². The van der Waals surface area contributed by atoms with Gasteiger partial charge in [-0.15, -0.1) is 12.3 Å². The average Bonchev–Trinajstić information content (AvgIpc) is 2.46. The van der Waals surface area contributed by atoms with Gasteiger partial charge >= 0.3 is 0 Å². The van der Waals surface area contributed by atoms with E-state index in [2.05, 4.69) is 16.2 Å². The lowest BCUT2D eigenvalue weighted by Crippen LogP contribution is -2.16. The highest BCUT2D eigenvalue weighted by Crippen LogP contribution is 2.36. The Balaban J connectivity index is 2.02. The maximum atomic E-state index is 5.63. The number of fused-ring (bicyclic) bond motifs is 2. The van der Waals surface area contributed by atoms with Crippen molar-refractivity contribution in [3.63, 3.8) is 0 Å². The smallest absolute Gasteiger partial charge is 0.162 e. The van der Waals surface area contributed by atoms with Crippen molar-refractivity contribution in [2.45, 2.75) is 19.4 Å². The molecule has 2 heterocycles. The topological polar surface area (TPSA) is 43.4 Å². The molecule has 0 amide bonds. The van der Waals surface area contributed by atoms with Gasteiger partial charge in [0.05, 0.1) is 0 Å². The number of nitrogens with one attached hydrogen (secondary N) is 1. The van der Waals surface area contributed by atoms with Gasteiger partial charge < -0.3 is 14.8 Å². The predicted octanol–water partition coefficient (Wildman–Crippen LogP) is 2.83. The summed E-state index contributed by atoms with van der Waals surface area (Å²) < 4.78 is 11.2. The second kappa shape index (κ2) is 5.30. The van der Waals surface area contributed by atoms with Crippen LogP contribution in [-0.4, -0.2) is 24.2 Å². The Morgan fingerprint density at radius 1 is 1.35 bits per heavy atom. The third kappa shape index (κ3) is 2.35. The van der Waals surface area contributed by atoms with Gasteiger partial charge in [-0.1, -0.05) is 0 Å². The van der Waals surface area contributed by atoms with E-state index in [-0.39, 0.29) is 6.04 Å². The fourth-order valence-corrected chi connectivity index (χ4v) is 2.29. The molecule has 1 N–H and O–H groups in total. The monoisotopic (exact) mass is 268 g/mol. The zero-order valence-corrected chi connectivity index (χ0v) is 11.3. The third-order valence-corrected chi connectivity index (χ3v) is 3.23. The second-order valence-electron chi connectivity index (χ2n) is 4.83. The summed E-state index contributed by atoms with van der Waals surface area (Å²) in [5, 5.41) is 5.43. The molecule has 0 aliphatic carbocycles. The number of terminal acetylenes is 1. The van der Waals surface area contributed by atoms with E-state index in [1.807, 2.05) is 25.1 Å². The lowest BCUT2D eigenvalue weighted by Gasteiger charge is -2.20. The summed E-state index contributed by atoms with van der Waals surface area (Å²) in [5.41, 5.74) is 0. The Bertz CT molecular complexity index is 676. The number of pyridine rings is 1. The SMILES string of the molecule is C#CCC(C)Nc1nccc2cc3c(cc12)OCCO3. The van der Waals surface area contributed by atoms with Crippen molar-refractivity contribution < 1.29 is 9.47 Å². The largest absolute Gasteiger partial charge is 0.486 e. The molecular weight excluding hydrogens is 252 g/mol. The molecular formula is C16H16N2O2. The van der Waals surface area contributed by atoms with Crippen LogP contribution in [0.5, 0.6) is 11.5 Å². The molecule has 102 valence electrons. The molecule has 20 heavy (non-hydrogen) atoms. The second-order valence-corrected chi connectivity index (χ2v) is 4.83. The standard InChI is InChI=1S/C16H16N2O2/c1-3-4-11(2)18-16-13-10-15-14(19-7-8-20-15)9-12(13)5-6-17-16/h1,5-6,9-11H,4,7-8H2,2H3,(H,17,18). The Labute approximate surface area is 118 Å². The molecule has 0 saturated carbocycles. The van der Waals surface area contributed by atoms with Crippen molar-refractivity contribution >= 4 is 16.6 Å². The van der Waals surface area contributed by atoms with Crippen LogP contribution in [0.2, 0.25) is 0 Å². The van der Waals surface area contributed by atoms with Gasteiger partial charge in [0.1, 0.15) is 19.0 Å². The van der Waals surface area contributed by atoms with Crippen LogP contribution < -0.4 is 14.8 Å². The lowest BCUT2D eigenvalue weighted by molar-refractivity contribution is 0.172. The number of anilines is 1. The minimum absolute atomic E-state index is 0.173. The van der Waals surface area contributed by atoms with Crippen LogP contribution in [-0.2, 0) is 0 Å². The van der Waals surface area contributed by atoms with E-state index in [9.17, 15) is 0 Å². The van der Waals surface area contributed by atoms with E-state index in [0.29, 0.717) is 19.6 Å². The third-order valence-electron chi connectivity index (χ3n) is 3.23. The quantitative estimate of drug-likeness (QED) is 0.869. The van der Waals surface area contributed by atoms with E-state index >= 15 is 0 Å². The van der Waals surface area contributed by atoms with E-state index in [1.54, 1.807) is 6.20 Å². The molecule has 0 saturated heterocycles. The molecule has 0 radical (unpaired) electrons. The van der Waals surface area contributed by atoms with Crippen LogP contribution in [0.15, 0.2) is 24.4 Å². The van der Waals surface area contributed by atoms with Crippen molar-refractivity contribution in [2.24, 2.45) is 0 Å². The normalized spacial score (nSPS) is 14.6. The fourth-order valence-electron chi connectivity index (χ4n) is 2.29. The fraction of sp³-hybridized carbons (Fsp3) is 0.312.